The predicted octanol–water partition coefficient (Wildman–Crippen LogP) is 1.63. The number of methoxy groups -OCH3 is 1. The molecule has 8 nitrogen and oxygen atoms in total. The molecule has 2 aliphatic heterocycles. The van der Waals surface area contributed by atoms with Crippen molar-refractivity contribution in [1.29, 1.82) is 0 Å². The van der Waals surface area contributed by atoms with Crippen LogP contribution in [0, 0.1) is 0 Å². The van der Waals surface area contributed by atoms with Gasteiger partial charge in [-0.05, 0) is 41.8 Å². The number of carbonyl (C=O) groups excluding carboxylic acids is 1. The molecule has 176 valence electrons. The van der Waals surface area contributed by atoms with Crippen molar-refractivity contribution >= 4 is 15.9 Å². The molecule has 4 rings (SSSR count). The van der Waals surface area contributed by atoms with Crippen molar-refractivity contribution in [3.63, 3.8) is 0 Å². The van der Waals surface area contributed by atoms with E-state index >= 15 is 0 Å². The maximum Gasteiger partial charge on any atom is 0.241 e. The first-order chi connectivity index (χ1) is 15.9. The fraction of sp³-hybridized carbons (Fsp3) is 0.375. The molecule has 2 heterocycles. The normalized spacial score (nSPS) is 22.6. The van der Waals surface area contributed by atoms with Gasteiger partial charge in [0.05, 0.1) is 37.2 Å². The van der Waals surface area contributed by atoms with E-state index in [9.17, 15) is 18.3 Å². The molecule has 0 unspecified atom stereocenters. The number of ether oxygens (including phenoxy) is 2. The molecule has 0 bridgehead atoms. The molecule has 2 aromatic rings. The maximum atomic E-state index is 12.8. The van der Waals surface area contributed by atoms with Crippen LogP contribution in [0.15, 0.2) is 65.6 Å². The Morgan fingerprint density at radius 2 is 1.88 bits per heavy atom. The smallest absolute Gasteiger partial charge is 0.241 e. The number of hydrogen-bond acceptors (Lipinski definition) is 6. The molecule has 0 saturated heterocycles. The van der Waals surface area contributed by atoms with Gasteiger partial charge in [0.15, 0.2) is 0 Å². The molecule has 0 fully saturated rings. The van der Waals surface area contributed by atoms with Gasteiger partial charge >= 0.3 is 0 Å². The van der Waals surface area contributed by atoms with Crippen LogP contribution in [0.1, 0.15) is 17.5 Å². The number of amides is 1. The van der Waals surface area contributed by atoms with Crippen molar-refractivity contribution in [1.82, 2.24) is 9.62 Å². The number of aliphatic hydroxyl groups excluding tert-OH is 1. The van der Waals surface area contributed by atoms with Crippen LogP contribution >= 0.6 is 0 Å². The summed E-state index contributed by atoms with van der Waals surface area (Å²) in [4.78, 5) is 14.7. The van der Waals surface area contributed by atoms with Gasteiger partial charge in [-0.25, -0.2) is 13.1 Å². The lowest BCUT2D eigenvalue weighted by molar-refractivity contribution is -0.136. The topological polar surface area (TPSA) is 105 Å². The third-order valence-corrected chi connectivity index (χ3v) is 7.46. The number of rotatable bonds is 7. The third-order valence-electron chi connectivity index (χ3n) is 5.98. The lowest BCUT2D eigenvalue weighted by atomic mass is 9.99. The maximum absolute atomic E-state index is 12.8. The molecule has 0 saturated carbocycles. The Labute approximate surface area is 193 Å². The third kappa shape index (κ3) is 5.44. The highest BCUT2D eigenvalue weighted by molar-refractivity contribution is 7.89. The fourth-order valence-corrected chi connectivity index (χ4v) is 5.34. The van der Waals surface area contributed by atoms with Crippen LogP contribution in [0.2, 0.25) is 0 Å². The van der Waals surface area contributed by atoms with E-state index in [1.807, 2.05) is 23.1 Å². The highest BCUT2D eigenvalue weighted by Gasteiger charge is 2.32. The predicted molar refractivity (Wildman–Crippen MR) is 122 cm³/mol. The Morgan fingerprint density at radius 3 is 2.58 bits per heavy atom. The van der Waals surface area contributed by atoms with E-state index in [1.54, 1.807) is 24.3 Å². The first kappa shape index (κ1) is 23.4. The van der Waals surface area contributed by atoms with Gasteiger partial charge in [0.2, 0.25) is 15.9 Å². The molecular formula is C24H28N2O6S. The summed E-state index contributed by atoms with van der Waals surface area (Å²) in [7, 11) is -2.33. The molecule has 33 heavy (non-hydrogen) atoms. The molecule has 9 heteroatoms. The monoisotopic (exact) mass is 472 g/mol. The average Bonchev–Trinajstić information content (AvgIpc) is 2.84. The summed E-state index contributed by atoms with van der Waals surface area (Å²) in [5, 5.41) is 9.80. The minimum atomic E-state index is -3.84. The van der Waals surface area contributed by atoms with Crippen LogP contribution < -0.4 is 9.46 Å². The second-order valence-corrected chi connectivity index (χ2v) is 9.86. The Morgan fingerprint density at radius 1 is 1.15 bits per heavy atom. The van der Waals surface area contributed by atoms with Crippen LogP contribution in [-0.2, 0) is 32.5 Å². The summed E-state index contributed by atoms with van der Waals surface area (Å²) in [6, 6.07) is 13.4. The van der Waals surface area contributed by atoms with Crippen molar-refractivity contribution < 1.29 is 27.8 Å². The number of hydrogen-bond donors (Lipinski definition) is 2. The van der Waals surface area contributed by atoms with Crippen LogP contribution in [0.5, 0.6) is 5.75 Å². The highest BCUT2D eigenvalue weighted by atomic mass is 32.2. The van der Waals surface area contributed by atoms with Gasteiger partial charge < -0.3 is 19.5 Å². The van der Waals surface area contributed by atoms with E-state index < -0.39 is 28.3 Å². The number of carbonyl (C=O) groups is 1. The first-order valence-electron chi connectivity index (χ1n) is 10.8. The van der Waals surface area contributed by atoms with Crippen molar-refractivity contribution in [3.05, 3.63) is 71.8 Å². The molecule has 0 radical (unpaired) electrons. The van der Waals surface area contributed by atoms with Crippen molar-refractivity contribution in [2.75, 3.05) is 20.3 Å². The van der Waals surface area contributed by atoms with Crippen molar-refractivity contribution in [2.24, 2.45) is 0 Å². The number of aliphatic hydroxyl groups is 1. The van der Waals surface area contributed by atoms with Gasteiger partial charge in [0.25, 0.3) is 0 Å². The molecule has 0 aromatic heterocycles. The molecule has 2 aliphatic rings. The van der Waals surface area contributed by atoms with E-state index in [-0.39, 0.29) is 23.8 Å². The molecule has 0 spiro atoms. The highest BCUT2D eigenvalue weighted by Crippen LogP contribution is 2.23. The molecule has 2 aromatic carbocycles. The minimum Gasteiger partial charge on any atom is -0.497 e. The Hall–Kier alpha value is -2.72. The van der Waals surface area contributed by atoms with Crippen LogP contribution in [0.25, 0.3) is 0 Å². The zero-order chi connectivity index (χ0) is 23.4. The van der Waals surface area contributed by atoms with Gasteiger partial charge in [0.1, 0.15) is 11.9 Å². The number of sulfonamides is 1. The van der Waals surface area contributed by atoms with Gasteiger partial charge in [-0.15, -0.1) is 0 Å². The van der Waals surface area contributed by atoms with Crippen molar-refractivity contribution in [2.45, 2.75) is 42.5 Å². The van der Waals surface area contributed by atoms with Crippen LogP contribution in [-0.4, -0.2) is 62.8 Å². The van der Waals surface area contributed by atoms with E-state index in [0.717, 1.165) is 12.0 Å². The first-order valence-corrected chi connectivity index (χ1v) is 12.3. The average molecular weight is 473 g/mol. The lowest BCUT2D eigenvalue weighted by Crippen LogP contribution is -2.49. The lowest BCUT2D eigenvalue weighted by Gasteiger charge is -2.33. The second-order valence-electron chi connectivity index (χ2n) is 8.14. The summed E-state index contributed by atoms with van der Waals surface area (Å²) >= 11 is 0. The Bertz CT molecular complexity index is 1120. The van der Waals surface area contributed by atoms with Gasteiger partial charge in [-0.3, -0.25) is 4.79 Å². The van der Waals surface area contributed by atoms with Crippen LogP contribution in [0.3, 0.4) is 0 Å². The summed E-state index contributed by atoms with van der Waals surface area (Å²) < 4.78 is 39.0. The Kier molecular flexibility index (Phi) is 7.14. The van der Waals surface area contributed by atoms with Gasteiger partial charge in [0, 0.05) is 13.1 Å². The second kappa shape index (κ2) is 10.0. The van der Waals surface area contributed by atoms with Crippen molar-refractivity contribution in [3.8, 4) is 5.75 Å². The zero-order valence-corrected chi connectivity index (χ0v) is 19.2. The van der Waals surface area contributed by atoms with E-state index in [0.29, 0.717) is 18.8 Å². The van der Waals surface area contributed by atoms with E-state index in [1.165, 1.54) is 24.8 Å². The van der Waals surface area contributed by atoms with E-state index in [2.05, 4.69) is 10.8 Å². The Balaban J connectivity index is 1.39. The number of fused-ring (bicyclic) bond motifs is 1. The summed E-state index contributed by atoms with van der Waals surface area (Å²) in [5.74, 6) is 0.515. The zero-order valence-electron chi connectivity index (χ0n) is 18.4. The summed E-state index contributed by atoms with van der Waals surface area (Å²) in [6.45, 7) is 0.834. The summed E-state index contributed by atoms with van der Waals surface area (Å²) in [6.07, 6.45) is 2.94. The molecule has 1 amide bonds. The molecule has 2 N–H and O–H groups in total. The SMILES string of the molecule is COc1ccc(S(=O)(=O)N[C@H]2C=C[C@@H](CC(=O)N3CCc4ccccc4C3)O[C@@H]2CO)cc1. The summed E-state index contributed by atoms with van der Waals surface area (Å²) in [5.41, 5.74) is 2.42. The molecular weight excluding hydrogens is 444 g/mol. The standard InChI is InChI=1S/C24H28N2O6S/c1-31-19-6-9-21(10-7-19)33(29,30)25-22-11-8-20(32-23(22)16-27)14-24(28)26-13-12-17-4-2-3-5-18(17)15-26/h2-11,20,22-23,25,27H,12-16H2,1H3/t20-,22-,23+/m0/s1. The quantitative estimate of drug-likeness (QED) is 0.594. The minimum absolute atomic E-state index is 0.0342. The number of benzene rings is 2. The van der Waals surface area contributed by atoms with Gasteiger partial charge in [-0.2, -0.15) is 0 Å². The number of nitrogens with zero attached hydrogens (tertiary/aromatic N) is 1. The fourth-order valence-electron chi connectivity index (χ4n) is 4.12. The molecule has 0 aliphatic carbocycles. The largest absolute Gasteiger partial charge is 0.497 e. The molecule has 3 atom stereocenters. The number of nitrogens with one attached hydrogen (secondary N) is 1. The van der Waals surface area contributed by atoms with E-state index in [4.69, 9.17) is 9.47 Å². The van der Waals surface area contributed by atoms with Crippen LogP contribution in [0.4, 0.5) is 0 Å². The van der Waals surface area contributed by atoms with Gasteiger partial charge in [-0.1, -0.05) is 36.4 Å².